The first-order valence-electron chi connectivity index (χ1n) is 6.17. The van der Waals surface area contributed by atoms with Crippen LogP contribution in [0.4, 0.5) is 0 Å². The predicted octanol–water partition coefficient (Wildman–Crippen LogP) is 2.60. The molecule has 3 nitrogen and oxygen atoms in total. The Bertz CT molecular complexity index is 396. The summed E-state index contributed by atoms with van der Waals surface area (Å²) in [6.07, 6.45) is 8.24. The molecule has 0 atom stereocenters. The Kier molecular flexibility index (Phi) is 6.75. The van der Waals surface area contributed by atoms with Crippen molar-refractivity contribution in [3.8, 4) is 23.8 Å². The molecule has 0 heterocycles. The molecule has 0 saturated carbocycles. The zero-order valence-electron chi connectivity index (χ0n) is 11.2. The smallest absolute Gasteiger partial charge is 0.161 e. The molecule has 0 saturated heterocycles. The van der Waals surface area contributed by atoms with Crippen LogP contribution in [0.25, 0.3) is 0 Å². The summed E-state index contributed by atoms with van der Waals surface area (Å²) >= 11 is 0. The van der Waals surface area contributed by atoms with Gasteiger partial charge in [-0.1, -0.05) is 6.07 Å². The van der Waals surface area contributed by atoms with Crippen LogP contribution < -0.4 is 14.8 Å². The molecule has 1 aromatic rings. The fourth-order valence-corrected chi connectivity index (χ4v) is 1.70. The van der Waals surface area contributed by atoms with Gasteiger partial charge >= 0.3 is 0 Å². The summed E-state index contributed by atoms with van der Waals surface area (Å²) in [6.45, 7) is 1.81. The second kappa shape index (κ2) is 8.43. The molecular formula is C15H21NO2. The Labute approximate surface area is 109 Å². The van der Waals surface area contributed by atoms with E-state index in [2.05, 4.69) is 11.2 Å². The SMILES string of the molecule is C#CCCCCNCc1ccc(OC)c(OC)c1. The Balaban J connectivity index is 2.36. The van der Waals surface area contributed by atoms with Gasteiger partial charge in [-0.05, 0) is 37.1 Å². The average Bonchev–Trinajstić information content (AvgIpc) is 2.42. The van der Waals surface area contributed by atoms with E-state index in [4.69, 9.17) is 15.9 Å². The van der Waals surface area contributed by atoms with Crippen molar-refractivity contribution >= 4 is 0 Å². The van der Waals surface area contributed by atoms with Crippen molar-refractivity contribution in [3.05, 3.63) is 23.8 Å². The summed E-state index contributed by atoms with van der Waals surface area (Å²) in [5, 5.41) is 3.38. The third-order valence-corrected chi connectivity index (χ3v) is 2.70. The standard InChI is InChI=1S/C15H21NO2/c1-4-5-6-7-10-16-12-13-8-9-14(17-2)15(11-13)18-3/h1,8-9,11,16H,5-7,10,12H2,2-3H3. The third kappa shape index (κ3) is 4.68. The molecular weight excluding hydrogens is 226 g/mol. The maximum Gasteiger partial charge on any atom is 0.161 e. The van der Waals surface area contributed by atoms with Gasteiger partial charge in [-0.3, -0.25) is 0 Å². The average molecular weight is 247 g/mol. The lowest BCUT2D eigenvalue weighted by atomic mass is 10.2. The molecule has 0 aliphatic heterocycles. The van der Waals surface area contributed by atoms with Gasteiger partial charge in [0.1, 0.15) is 0 Å². The van der Waals surface area contributed by atoms with Crippen LogP contribution in [-0.2, 0) is 6.54 Å². The highest BCUT2D eigenvalue weighted by atomic mass is 16.5. The first-order valence-corrected chi connectivity index (χ1v) is 6.17. The quantitative estimate of drug-likeness (QED) is 0.566. The van der Waals surface area contributed by atoms with Crippen LogP contribution in [-0.4, -0.2) is 20.8 Å². The fourth-order valence-electron chi connectivity index (χ4n) is 1.70. The molecule has 0 amide bonds. The van der Waals surface area contributed by atoms with Crippen molar-refractivity contribution in [1.82, 2.24) is 5.32 Å². The number of ether oxygens (including phenoxy) is 2. The maximum absolute atomic E-state index is 5.26. The normalized spacial score (nSPS) is 9.83. The lowest BCUT2D eigenvalue weighted by Crippen LogP contribution is -2.14. The summed E-state index contributed by atoms with van der Waals surface area (Å²) < 4.78 is 10.5. The van der Waals surface area contributed by atoms with Gasteiger partial charge < -0.3 is 14.8 Å². The minimum Gasteiger partial charge on any atom is -0.493 e. The van der Waals surface area contributed by atoms with Crippen molar-refractivity contribution in [2.75, 3.05) is 20.8 Å². The molecule has 0 aliphatic rings. The van der Waals surface area contributed by atoms with Gasteiger partial charge in [0.15, 0.2) is 11.5 Å². The second-order valence-electron chi connectivity index (χ2n) is 4.03. The van der Waals surface area contributed by atoms with E-state index in [1.807, 2.05) is 18.2 Å². The van der Waals surface area contributed by atoms with Crippen molar-refractivity contribution < 1.29 is 9.47 Å². The summed E-state index contributed by atoms with van der Waals surface area (Å²) in [7, 11) is 3.29. The molecule has 98 valence electrons. The molecule has 0 unspecified atom stereocenters. The van der Waals surface area contributed by atoms with Crippen LogP contribution >= 0.6 is 0 Å². The number of hydrogen-bond acceptors (Lipinski definition) is 3. The number of rotatable bonds is 8. The topological polar surface area (TPSA) is 30.5 Å². The lowest BCUT2D eigenvalue weighted by Gasteiger charge is -2.10. The number of unbranched alkanes of at least 4 members (excludes halogenated alkanes) is 2. The van der Waals surface area contributed by atoms with E-state index in [0.29, 0.717) is 0 Å². The molecule has 0 aliphatic carbocycles. The van der Waals surface area contributed by atoms with Gasteiger partial charge in [0.2, 0.25) is 0 Å². The highest BCUT2D eigenvalue weighted by Gasteiger charge is 2.03. The zero-order valence-corrected chi connectivity index (χ0v) is 11.2. The molecule has 3 heteroatoms. The third-order valence-electron chi connectivity index (χ3n) is 2.70. The van der Waals surface area contributed by atoms with E-state index in [0.717, 1.165) is 43.9 Å². The maximum atomic E-state index is 5.26. The van der Waals surface area contributed by atoms with Crippen LogP contribution in [0.1, 0.15) is 24.8 Å². The Hall–Kier alpha value is -1.66. The van der Waals surface area contributed by atoms with Gasteiger partial charge in [0, 0.05) is 13.0 Å². The highest BCUT2D eigenvalue weighted by Crippen LogP contribution is 2.27. The molecule has 1 N–H and O–H groups in total. The summed E-state index contributed by atoms with van der Waals surface area (Å²) in [5.41, 5.74) is 1.18. The van der Waals surface area contributed by atoms with E-state index >= 15 is 0 Å². The zero-order chi connectivity index (χ0) is 13.2. The van der Waals surface area contributed by atoms with Gasteiger partial charge in [-0.15, -0.1) is 12.3 Å². The van der Waals surface area contributed by atoms with E-state index in [9.17, 15) is 0 Å². The van der Waals surface area contributed by atoms with Crippen LogP contribution in [0.15, 0.2) is 18.2 Å². The van der Waals surface area contributed by atoms with Crippen LogP contribution in [0.3, 0.4) is 0 Å². The second-order valence-corrected chi connectivity index (χ2v) is 4.03. The van der Waals surface area contributed by atoms with Crippen LogP contribution in [0, 0.1) is 12.3 Å². The lowest BCUT2D eigenvalue weighted by molar-refractivity contribution is 0.354. The molecule has 0 bridgehead atoms. The monoisotopic (exact) mass is 247 g/mol. The number of terminal acetylenes is 1. The largest absolute Gasteiger partial charge is 0.493 e. The molecule has 0 radical (unpaired) electrons. The molecule has 1 aromatic carbocycles. The number of methoxy groups -OCH3 is 2. The summed E-state index contributed by atoms with van der Waals surface area (Å²) in [5.74, 6) is 4.17. The first kappa shape index (κ1) is 14.4. The van der Waals surface area contributed by atoms with Crippen LogP contribution in [0.2, 0.25) is 0 Å². The number of benzene rings is 1. The molecule has 18 heavy (non-hydrogen) atoms. The molecule has 0 spiro atoms. The Morgan fingerprint density at radius 1 is 1.17 bits per heavy atom. The Morgan fingerprint density at radius 2 is 1.94 bits per heavy atom. The minimum absolute atomic E-state index is 0.760. The van der Waals surface area contributed by atoms with E-state index < -0.39 is 0 Å². The number of nitrogens with one attached hydrogen (secondary N) is 1. The highest BCUT2D eigenvalue weighted by molar-refractivity contribution is 5.42. The van der Waals surface area contributed by atoms with Crippen molar-refractivity contribution in [1.29, 1.82) is 0 Å². The van der Waals surface area contributed by atoms with Gasteiger partial charge in [-0.25, -0.2) is 0 Å². The van der Waals surface area contributed by atoms with Crippen molar-refractivity contribution in [3.63, 3.8) is 0 Å². The summed E-state index contributed by atoms with van der Waals surface area (Å²) in [6, 6.07) is 5.96. The van der Waals surface area contributed by atoms with Gasteiger partial charge in [0.05, 0.1) is 14.2 Å². The fraction of sp³-hybridized carbons (Fsp3) is 0.467. The van der Waals surface area contributed by atoms with Gasteiger partial charge in [-0.2, -0.15) is 0 Å². The molecule has 0 fully saturated rings. The Morgan fingerprint density at radius 3 is 2.61 bits per heavy atom. The van der Waals surface area contributed by atoms with Crippen LogP contribution in [0.5, 0.6) is 11.5 Å². The molecule has 1 rings (SSSR count). The van der Waals surface area contributed by atoms with E-state index in [1.165, 1.54) is 5.56 Å². The van der Waals surface area contributed by atoms with E-state index in [1.54, 1.807) is 14.2 Å². The predicted molar refractivity (Wildman–Crippen MR) is 73.9 cm³/mol. The van der Waals surface area contributed by atoms with E-state index in [-0.39, 0.29) is 0 Å². The molecule has 0 aromatic heterocycles. The number of hydrogen-bond donors (Lipinski definition) is 1. The first-order chi connectivity index (χ1) is 8.81. The van der Waals surface area contributed by atoms with Gasteiger partial charge in [0.25, 0.3) is 0 Å². The summed E-state index contributed by atoms with van der Waals surface area (Å²) in [4.78, 5) is 0. The van der Waals surface area contributed by atoms with Crippen molar-refractivity contribution in [2.45, 2.75) is 25.8 Å². The van der Waals surface area contributed by atoms with Crippen molar-refractivity contribution in [2.24, 2.45) is 0 Å². The minimum atomic E-state index is 0.760.